The maximum atomic E-state index is 3.59. The van der Waals surface area contributed by atoms with Crippen LogP contribution in [0.5, 0.6) is 0 Å². The lowest BCUT2D eigenvalue weighted by Gasteiger charge is -2.45. The van der Waals surface area contributed by atoms with Crippen LogP contribution in [0.15, 0.2) is 0 Å². The van der Waals surface area contributed by atoms with Gasteiger partial charge in [0.15, 0.2) is 0 Å². The molecule has 0 spiro atoms. The molecule has 2 aliphatic rings. The predicted molar refractivity (Wildman–Crippen MR) is 88.1 cm³/mol. The highest BCUT2D eigenvalue weighted by Crippen LogP contribution is 2.41. The van der Waals surface area contributed by atoms with E-state index in [2.05, 4.69) is 37.9 Å². The van der Waals surface area contributed by atoms with Gasteiger partial charge in [-0.15, -0.1) is 0 Å². The molecule has 1 saturated carbocycles. The van der Waals surface area contributed by atoms with E-state index in [0.717, 1.165) is 18.0 Å². The third-order valence-electron chi connectivity index (χ3n) is 6.29. The zero-order valence-corrected chi connectivity index (χ0v) is 14.3. The molecular weight excluding hydrogens is 244 g/mol. The number of hydrogen-bond donors (Lipinski definition) is 1. The molecule has 1 atom stereocenters. The number of rotatable bonds is 5. The van der Waals surface area contributed by atoms with Crippen LogP contribution in [0.2, 0.25) is 0 Å². The van der Waals surface area contributed by atoms with Crippen molar-refractivity contribution >= 4 is 0 Å². The average molecular weight is 280 g/mol. The van der Waals surface area contributed by atoms with Crippen molar-refractivity contribution < 1.29 is 0 Å². The first-order valence-electron chi connectivity index (χ1n) is 9.05. The van der Waals surface area contributed by atoms with Crippen molar-refractivity contribution in [2.75, 3.05) is 19.6 Å². The van der Waals surface area contributed by atoms with E-state index < -0.39 is 0 Å². The van der Waals surface area contributed by atoms with Gasteiger partial charge in [-0.3, -0.25) is 4.90 Å². The van der Waals surface area contributed by atoms with E-state index in [-0.39, 0.29) is 0 Å². The molecule has 1 aliphatic carbocycles. The number of hydrogen-bond acceptors (Lipinski definition) is 2. The molecule has 2 nitrogen and oxygen atoms in total. The van der Waals surface area contributed by atoms with Gasteiger partial charge in [0.1, 0.15) is 0 Å². The highest BCUT2D eigenvalue weighted by Gasteiger charge is 2.35. The van der Waals surface area contributed by atoms with Gasteiger partial charge in [0.25, 0.3) is 0 Å². The Morgan fingerprint density at radius 1 is 1.00 bits per heavy atom. The second-order valence-electron chi connectivity index (χ2n) is 7.68. The van der Waals surface area contributed by atoms with Gasteiger partial charge >= 0.3 is 0 Å². The maximum absolute atomic E-state index is 3.59. The Labute approximate surface area is 126 Å². The first kappa shape index (κ1) is 16.3. The zero-order valence-electron chi connectivity index (χ0n) is 14.3. The van der Waals surface area contributed by atoms with Crippen molar-refractivity contribution in [1.82, 2.24) is 10.2 Å². The van der Waals surface area contributed by atoms with Gasteiger partial charge in [-0.1, -0.05) is 34.1 Å². The Bertz CT molecular complexity index is 273. The molecule has 1 unspecified atom stereocenters. The fraction of sp³-hybridized carbons (Fsp3) is 1.00. The van der Waals surface area contributed by atoms with E-state index in [1.165, 1.54) is 64.6 Å². The SMILES string of the molecule is CCN(C1CCC(C(C)(C)CC)CC1)C1CCCNC1. The van der Waals surface area contributed by atoms with Gasteiger partial charge in [0, 0.05) is 18.6 Å². The van der Waals surface area contributed by atoms with Gasteiger partial charge in [-0.05, 0) is 62.9 Å². The first-order chi connectivity index (χ1) is 9.58. The summed E-state index contributed by atoms with van der Waals surface area (Å²) in [5.41, 5.74) is 0.550. The monoisotopic (exact) mass is 280 g/mol. The van der Waals surface area contributed by atoms with Gasteiger partial charge in [-0.25, -0.2) is 0 Å². The lowest BCUT2D eigenvalue weighted by molar-refractivity contribution is 0.0549. The molecule has 1 saturated heterocycles. The molecule has 0 aromatic rings. The summed E-state index contributed by atoms with van der Waals surface area (Å²) < 4.78 is 0. The standard InChI is InChI=1S/C18H36N2/c1-5-18(3,4)15-9-11-16(12-10-15)20(6-2)17-8-7-13-19-14-17/h15-17,19H,5-14H2,1-4H3. The Morgan fingerprint density at radius 3 is 2.20 bits per heavy atom. The van der Waals surface area contributed by atoms with Crippen LogP contribution in [-0.4, -0.2) is 36.6 Å². The first-order valence-corrected chi connectivity index (χ1v) is 9.05. The van der Waals surface area contributed by atoms with Crippen LogP contribution in [0.4, 0.5) is 0 Å². The molecule has 2 fully saturated rings. The molecule has 1 aliphatic heterocycles. The summed E-state index contributed by atoms with van der Waals surface area (Å²) in [5, 5.41) is 3.59. The van der Waals surface area contributed by atoms with Crippen LogP contribution in [0, 0.1) is 11.3 Å². The second-order valence-corrected chi connectivity index (χ2v) is 7.68. The fourth-order valence-electron chi connectivity index (χ4n) is 4.41. The third-order valence-corrected chi connectivity index (χ3v) is 6.29. The average Bonchev–Trinajstić information content (AvgIpc) is 2.50. The van der Waals surface area contributed by atoms with Crippen molar-refractivity contribution in [2.24, 2.45) is 11.3 Å². The fourth-order valence-corrected chi connectivity index (χ4v) is 4.41. The van der Waals surface area contributed by atoms with Crippen molar-refractivity contribution in [3.63, 3.8) is 0 Å². The highest BCUT2D eigenvalue weighted by molar-refractivity contribution is 4.89. The molecule has 2 rings (SSSR count). The van der Waals surface area contributed by atoms with E-state index in [1.54, 1.807) is 0 Å². The molecule has 0 amide bonds. The lowest BCUT2D eigenvalue weighted by Crippen LogP contribution is -2.51. The van der Waals surface area contributed by atoms with Crippen molar-refractivity contribution in [3.05, 3.63) is 0 Å². The van der Waals surface area contributed by atoms with Crippen LogP contribution in [0.25, 0.3) is 0 Å². The lowest BCUT2D eigenvalue weighted by atomic mass is 9.68. The highest BCUT2D eigenvalue weighted by atomic mass is 15.2. The van der Waals surface area contributed by atoms with Gasteiger partial charge < -0.3 is 5.32 Å². The summed E-state index contributed by atoms with van der Waals surface area (Å²) in [6.45, 7) is 13.3. The summed E-state index contributed by atoms with van der Waals surface area (Å²) in [7, 11) is 0. The Morgan fingerprint density at radius 2 is 1.70 bits per heavy atom. The molecule has 2 heteroatoms. The summed E-state index contributed by atoms with van der Waals surface area (Å²) in [5.74, 6) is 0.951. The minimum Gasteiger partial charge on any atom is -0.315 e. The molecule has 20 heavy (non-hydrogen) atoms. The number of likely N-dealkylation sites (N-methyl/N-ethyl adjacent to an activating group) is 1. The predicted octanol–water partition coefficient (Wildman–Crippen LogP) is 4.06. The quantitative estimate of drug-likeness (QED) is 0.817. The van der Waals surface area contributed by atoms with Crippen molar-refractivity contribution in [2.45, 2.75) is 84.7 Å². The van der Waals surface area contributed by atoms with E-state index in [9.17, 15) is 0 Å². The largest absolute Gasteiger partial charge is 0.315 e. The smallest absolute Gasteiger partial charge is 0.0223 e. The topological polar surface area (TPSA) is 15.3 Å². The van der Waals surface area contributed by atoms with E-state index in [4.69, 9.17) is 0 Å². The van der Waals surface area contributed by atoms with Crippen LogP contribution in [-0.2, 0) is 0 Å². The van der Waals surface area contributed by atoms with Gasteiger partial charge in [0.05, 0.1) is 0 Å². The third kappa shape index (κ3) is 3.76. The van der Waals surface area contributed by atoms with Crippen LogP contribution < -0.4 is 5.32 Å². The van der Waals surface area contributed by atoms with Crippen LogP contribution in [0.1, 0.15) is 72.6 Å². The summed E-state index contributed by atoms with van der Waals surface area (Å²) in [4.78, 5) is 2.82. The normalized spacial score (nSPS) is 32.5. The van der Waals surface area contributed by atoms with E-state index >= 15 is 0 Å². The van der Waals surface area contributed by atoms with Crippen LogP contribution in [0.3, 0.4) is 0 Å². The van der Waals surface area contributed by atoms with Crippen LogP contribution >= 0.6 is 0 Å². The zero-order chi connectivity index (χ0) is 14.6. The number of piperidine rings is 1. The van der Waals surface area contributed by atoms with E-state index in [0.29, 0.717) is 5.41 Å². The maximum Gasteiger partial charge on any atom is 0.0223 e. The molecule has 0 radical (unpaired) electrons. The summed E-state index contributed by atoms with van der Waals surface area (Å²) >= 11 is 0. The minimum atomic E-state index is 0.550. The van der Waals surface area contributed by atoms with Gasteiger partial charge in [0.2, 0.25) is 0 Å². The van der Waals surface area contributed by atoms with Crippen molar-refractivity contribution in [1.29, 1.82) is 0 Å². The Kier molecular flexibility index (Phi) is 5.92. The number of nitrogens with zero attached hydrogens (tertiary/aromatic N) is 1. The molecule has 1 heterocycles. The van der Waals surface area contributed by atoms with Gasteiger partial charge in [-0.2, -0.15) is 0 Å². The summed E-state index contributed by atoms with van der Waals surface area (Å²) in [6.07, 6.45) is 9.84. The molecule has 118 valence electrons. The molecule has 0 aromatic heterocycles. The van der Waals surface area contributed by atoms with Crippen molar-refractivity contribution in [3.8, 4) is 0 Å². The summed E-state index contributed by atoms with van der Waals surface area (Å²) in [6, 6.07) is 1.66. The minimum absolute atomic E-state index is 0.550. The molecule has 0 bridgehead atoms. The Balaban J connectivity index is 1.88. The molecule has 1 N–H and O–H groups in total. The number of nitrogens with one attached hydrogen (secondary N) is 1. The molecular formula is C18H36N2. The van der Waals surface area contributed by atoms with E-state index in [1.807, 2.05) is 0 Å². The Hall–Kier alpha value is -0.0800. The molecule has 0 aromatic carbocycles. The second kappa shape index (κ2) is 7.26.